The van der Waals surface area contributed by atoms with Gasteiger partial charge in [0.2, 0.25) is 0 Å². The summed E-state index contributed by atoms with van der Waals surface area (Å²) in [5, 5.41) is 18.8. The van der Waals surface area contributed by atoms with E-state index in [1.807, 2.05) is 18.2 Å². The first kappa shape index (κ1) is 28.0. The molecule has 2 rings (SSSR count). The fourth-order valence-corrected chi connectivity index (χ4v) is 2.80. The number of benzene rings is 2. The number of ether oxygens (including phenoxy) is 1. The fourth-order valence-electron chi connectivity index (χ4n) is 2.80. The van der Waals surface area contributed by atoms with Crippen LogP contribution in [-0.2, 0) is 22.4 Å². The van der Waals surface area contributed by atoms with Crippen molar-refractivity contribution in [3.63, 3.8) is 0 Å². The zero-order valence-electron chi connectivity index (χ0n) is 18.5. The van der Waals surface area contributed by atoms with Gasteiger partial charge in [0.05, 0.1) is 13.0 Å². The Labute approximate surface area is 191 Å². The van der Waals surface area contributed by atoms with Crippen molar-refractivity contribution in [3.05, 3.63) is 65.7 Å². The average Bonchev–Trinajstić information content (AvgIpc) is 2.76. The van der Waals surface area contributed by atoms with Gasteiger partial charge in [-0.25, -0.2) is 4.79 Å². The molecule has 0 bridgehead atoms. The Morgan fingerprint density at radius 2 is 1.58 bits per heavy atom. The van der Waals surface area contributed by atoms with Gasteiger partial charge < -0.3 is 20.3 Å². The van der Waals surface area contributed by atoms with Crippen molar-refractivity contribution in [3.8, 4) is 5.75 Å². The molecular weight excluding hydrogens is 439 g/mol. The summed E-state index contributed by atoms with van der Waals surface area (Å²) in [5.41, 5.74) is 2.62. The van der Waals surface area contributed by atoms with Crippen LogP contribution in [0.1, 0.15) is 30.9 Å². The number of carboxylic acid groups (broad SMARTS) is 2. The van der Waals surface area contributed by atoms with Gasteiger partial charge in [-0.3, -0.25) is 4.79 Å². The van der Waals surface area contributed by atoms with Gasteiger partial charge in [-0.15, -0.1) is 0 Å². The zero-order valence-corrected chi connectivity index (χ0v) is 18.5. The number of carboxylic acids is 2. The first-order valence-electron chi connectivity index (χ1n) is 10.6. The Morgan fingerprint density at radius 3 is 2.12 bits per heavy atom. The number of rotatable bonds is 12. The summed E-state index contributed by atoms with van der Waals surface area (Å²) in [6, 6.07) is 18.8. The molecule has 2 aromatic rings. The molecule has 9 heteroatoms. The van der Waals surface area contributed by atoms with Crippen LogP contribution in [-0.4, -0.2) is 48.0 Å². The highest BCUT2D eigenvalue weighted by Crippen LogP contribution is 2.16. The molecule has 0 aliphatic carbocycles. The van der Waals surface area contributed by atoms with Crippen molar-refractivity contribution in [1.29, 1.82) is 0 Å². The van der Waals surface area contributed by atoms with Crippen LogP contribution in [0.2, 0.25) is 0 Å². The molecule has 33 heavy (non-hydrogen) atoms. The maximum Gasteiger partial charge on any atom is 0.490 e. The third kappa shape index (κ3) is 13.8. The molecule has 0 aliphatic rings. The molecule has 1 atom stereocenters. The molecule has 6 nitrogen and oxygen atoms in total. The first-order valence-corrected chi connectivity index (χ1v) is 10.6. The van der Waals surface area contributed by atoms with Crippen LogP contribution in [0.4, 0.5) is 13.2 Å². The molecule has 1 unspecified atom stereocenters. The smallest absolute Gasteiger partial charge is 0.490 e. The lowest BCUT2D eigenvalue weighted by atomic mass is 10.0. The van der Waals surface area contributed by atoms with E-state index in [1.165, 1.54) is 11.1 Å². The minimum absolute atomic E-state index is 0.175. The Morgan fingerprint density at radius 1 is 0.970 bits per heavy atom. The largest absolute Gasteiger partial charge is 0.493 e. The van der Waals surface area contributed by atoms with E-state index >= 15 is 0 Å². The molecule has 0 amide bonds. The van der Waals surface area contributed by atoms with Gasteiger partial charge in [0.1, 0.15) is 5.75 Å². The molecule has 0 aromatic heterocycles. The lowest BCUT2D eigenvalue weighted by Gasteiger charge is -2.13. The number of hydrogen-bond acceptors (Lipinski definition) is 4. The van der Waals surface area contributed by atoms with Gasteiger partial charge in [0.15, 0.2) is 0 Å². The maximum absolute atomic E-state index is 10.6. The summed E-state index contributed by atoms with van der Waals surface area (Å²) < 4.78 is 37.6. The summed E-state index contributed by atoms with van der Waals surface area (Å²) in [6.07, 6.45) is -1.92. The number of carbonyl (C=O) groups is 2. The minimum Gasteiger partial charge on any atom is -0.493 e. The Balaban J connectivity index is 0.000000675. The topological polar surface area (TPSA) is 95.9 Å². The highest BCUT2D eigenvalue weighted by atomic mass is 19.4. The monoisotopic (exact) mass is 469 g/mol. The predicted octanol–water partition coefficient (Wildman–Crippen LogP) is 4.57. The molecule has 0 radical (unpaired) electrons. The van der Waals surface area contributed by atoms with Crippen molar-refractivity contribution in [2.24, 2.45) is 5.92 Å². The molecular formula is C24H30F3NO5. The Kier molecular flexibility index (Phi) is 12.6. The lowest BCUT2D eigenvalue weighted by Crippen LogP contribution is -2.21. The van der Waals surface area contributed by atoms with Crippen LogP contribution < -0.4 is 10.1 Å². The van der Waals surface area contributed by atoms with E-state index in [9.17, 15) is 18.0 Å². The summed E-state index contributed by atoms with van der Waals surface area (Å²) >= 11 is 0. The maximum atomic E-state index is 10.6. The van der Waals surface area contributed by atoms with Crippen LogP contribution in [0.3, 0.4) is 0 Å². The second-order valence-electron chi connectivity index (χ2n) is 7.55. The van der Waals surface area contributed by atoms with Crippen molar-refractivity contribution in [2.75, 3.05) is 19.7 Å². The highest BCUT2D eigenvalue weighted by Gasteiger charge is 2.38. The second-order valence-corrected chi connectivity index (χ2v) is 7.55. The minimum atomic E-state index is -5.08. The molecule has 2 aromatic carbocycles. The quantitative estimate of drug-likeness (QED) is 0.394. The van der Waals surface area contributed by atoms with E-state index in [1.54, 1.807) is 0 Å². The van der Waals surface area contributed by atoms with Gasteiger partial charge in [-0.05, 0) is 55.0 Å². The zero-order chi connectivity index (χ0) is 24.7. The molecule has 0 fully saturated rings. The van der Waals surface area contributed by atoms with Gasteiger partial charge in [0.25, 0.3) is 0 Å². The first-order chi connectivity index (χ1) is 15.6. The van der Waals surface area contributed by atoms with E-state index in [0.29, 0.717) is 19.1 Å². The number of aryl methyl sites for hydroxylation is 1. The summed E-state index contributed by atoms with van der Waals surface area (Å²) in [6.45, 7) is 4.28. The van der Waals surface area contributed by atoms with Crippen LogP contribution >= 0.6 is 0 Å². The number of alkyl halides is 3. The normalized spacial score (nSPS) is 11.8. The van der Waals surface area contributed by atoms with Crippen LogP contribution in [0, 0.1) is 5.92 Å². The van der Waals surface area contributed by atoms with Gasteiger partial charge in [-0.1, -0.05) is 49.4 Å². The van der Waals surface area contributed by atoms with Gasteiger partial charge >= 0.3 is 18.1 Å². The lowest BCUT2D eigenvalue weighted by molar-refractivity contribution is -0.192. The molecule has 3 N–H and O–H groups in total. The van der Waals surface area contributed by atoms with E-state index < -0.39 is 18.1 Å². The predicted molar refractivity (Wildman–Crippen MR) is 118 cm³/mol. The molecule has 0 aliphatic heterocycles. The van der Waals surface area contributed by atoms with Crippen molar-refractivity contribution >= 4 is 11.9 Å². The Bertz CT molecular complexity index is 826. The van der Waals surface area contributed by atoms with Crippen LogP contribution in [0.5, 0.6) is 5.75 Å². The van der Waals surface area contributed by atoms with Gasteiger partial charge in [-0.2, -0.15) is 13.2 Å². The standard InChI is InChI=1S/C22H29NO3.C2HF3O2/c1-18(16-20-6-3-2-4-7-20)17-26-21-11-9-19(10-12-21)8-5-14-23-15-13-22(24)25;3-2(4,5)1(6)7/h2-4,6-7,9-12,18,23H,5,8,13-17H2,1H3,(H,24,25);(H,6,7). The van der Waals surface area contributed by atoms with Crippen molar-refractivity contribution in [2.45, 2.75) is 38.8 Å². The summed E-state index contributed by atoms with van der Waals surface area (Å²) in [5.74, 6) is -2.14. The van der Waals surface area contributed by atoms with Crippen LogP contribution in [0.25, 0.3) is 0 Å². The van der Waals surface area contributed by atoms with Crippen LogP contribution in [0.15, 0.2) is 54.6 Å². The summed E-state index contributed by atoms with van der Waals surface area (Å²) in [4.78, 5) is 19.3. The number of aliphatic carboxylic acids is 2. The van der Waals surface area contributed by atoms with E-state index in [2.05, 4.69) is 48.6 Å². The number of hydrogen-bond donors (Lipinski definition) is 3. The molecule has 0 saturated carbocycles. The molecule has 0 spiro atoms. The van der Waals surface area contributed by atoms with Gasteiger partial charge in [0, 0.05) is 6.54 Å². The summed E-state index contributed by atoms with van der Waals surface area (Å²) in [7, 11) is 0. The molecule has 0 heterocycles. The van der Waals surface area contributed by atoms with Crippen molar-refractivity contribution in [1.82, 2.24) is 5.32 Å². The SMILES string of the molecule is CC(COc1ccc(CCCNCCC(=O)O)cc1)Cc1ccccc1.O=C(O)C(F)(F)F. The molecule has 0 saturated heterocycles. The Hall–Kier alpha value is -3.07. The highest BCUT2D eigenvalue weighted by molar-refractivity contribution is 5.73. The number of halogens is 3. The third-order valence-electron chi connectivity index (χ3n) is 4.46. The average molecular weight is 470 g/mol. The van der Waals surface area contributed by atoms with E-state index in [4.69, 9.17) is 19.7 Å². The molecule has 182 valence electrons. The third-order valence-corrected chi connectivity index (χ3v) is 4.46. The fraction of sp³-hybridized carbons (Fsp3) is 0.417. The van der Waals surface area contributed by atoms with Crippen molar-refractivity contribution < 1.29 is 37.7 Å². The van der Waals surface area contributed by atoms with E-state index in [0.717, 1.165) is 31.6 Å². The van der Waals surface area contributed by atoms with E-state index in [-0.39, 0.29) is 6.42 Å². The number of nitrogens with one attached hydrogen (secondary N) is 1. The second kappa shape index (κ2) is 14.9.